The lowest BCUT2D eigenvalue weighted by atomic mass is 9.61. The first-order chi connectivity index (χ1) is 13.0. The van der Waals surface area contributed by atoms with Gasteiger partial charge in [0.1, 0.15) is 0 Å². The van der Waals surface area contributed by atoms with Crippen LogP contribution in [0.2, 0.25) is 0 Å². The highest BCUT2D eigenvalue weighted by molar-refractivity contribution is 5.79. The molecular weight excluding hydrogens is 324 g/mol. The van der Waals surface area contributed by atoms with Gasteiger partial charge in [0.25, 0.3) is 0 Å². The van der Waals surface area contributed by atoms with Gasteiger partial charge in [-0.15, -0.1) is 0 Å². The van der Waals surface area contributed by atoms with Crippen molar-refractivity contribution in [3.8, 4) is 11.1 Å². The molecule has 2 unspecified atom stereocenters. The van der Waals surface area contributed by atoms with E-state index in [2.05, 4.69) is 101 Å². The molecule has 0 amide bonds. The van der Waals surface area contributed by atoms with E-state index in [1.807, 2.05) is 0 Å². The number of hydrogen-bond donors (Lipinski definition) is 0. The van der Waals surface area contributed by atoms with Gasteiger partial charge in [-0.05, 0) is 61.3 Å². The molecule has 0 heterocycles. The number of benzene rings is 2. The largest absolute Gasteiger partial charge is 0.0859 e. The Balaban J connectivity index is 1.86. The summed E-state index contributed by atoms with van der Waals surface area (Å²) >= 11 is 0. The second-order valence-electron chi connectivity index (χ2n) is 8.71. The lowest BCUT2D eigenvalue weighted by molar-refractivity contribution is 0.206. The number of allylic oxidation sites excluding steroid dienone is 6. The van der Waals surface area contributed by atoms with E-state index in [4.69, 9.17) is 0 Å². The van der Waals surface area contributed by atoms with Crippen LogP contribution in [0.5, 0.6) is 0 Å². The topological polar surface area (TPSA) is 0 Å². The summed E-state index contributed by atoms with van der Waals surface area (Å²) in [4.78, 5) is 0. The van der Waals surface area contributed by atoms with Crippen LogP contribution in [0.15, 0.2) is 84.0 Å². The van der Waals surface area contributed by atoms with Crippen molar-refractivity contribution in [1.29, 1.82) is 0 Å². The van der Waals surface area contributed by atoms with E-state index in [-0.39, 0.29) is 5.41 Å². The fraction of sp³-hybridized carbons (Fsp3) is 0.333. The summed E-state index contributed by atoms with van der Waals surface area (Å²) in [7, 11) is 0. The van der Waals surface area contributed by atoms with Crippen molar-refractivity contribution in [3.05, 3.63) is 95.1 Å². The van der Waals surface area contributed by atoms with Gasteiger partial charge in [-0.25, -0.2) is 0 Å². The highest BCUT2D eigenvalue weighted by atomic mass is 14.5. The smallest absolute Gasteiger partial charge is 0.0164 e. The van der Waals surface area contributed by atoms with Gasteiger partial charge in [0.2, 0.25) is 0 Å². The van der Waals surface area contributed by atoms with Crippen molar-refractivity contribution in [3.63, 3.8) is 0 Å². The molecule has 0 aromatic heterocycles. The van der Waals surface area contributed by atoms with Gasteiger partial charge in [-0.3, -0.25) is 0 Å². The zero-order chi connectivity index (χ0) is 19.0. The van der Waals surface area contributed by atoms with Gasteiger partial charge in [-0.2, -0.15) is 0 Å². The lowest BCUT2D eigenvalue weighted by Crippen LogP contribution is -2.33. The quantitative estimate of drug-likeness (QED) is 0.483. The van der Waals surface area contributed by atoms with E-state index >= 15 is 0 Å². The third kappa shape index (κ3) is 3.02. The summed E-state index contributed by atoms with van der Waals surface area (Å²) in [6.45, 7) is 9.24. The first-order valence-corrected chi connectivity index (χ1v) is 10.2. The van der Waals surface area contributed by atoms with Gasteiger partial charge < -0.3 is 0 Å². The van der Waals surface area contributed by atoms with Gasteiger partial charge >= 0.3 is 0 Å². The second kappa shape index (κ2) is 7.00. The van der Waals surface area contributed by atoms with Gasteiger partial charge in [-0.1, -0.05) is 90.9 Å². The summed E-state index contributed by atoms with van der Waals surface area (Å²) < 4.78 is 0. The van der Waals surface area contributed by atoms with Crippen LogP contribution in [0, 0.1) is 11.3 Å². The summed E-state index contributed by atoms with van der Waals surface area (Å²) in [6, 6.07) is 18.1. The molecule has 0 heteroatoms. The van der Waals surface area contributed by atoms with Gasteiger partial charge in [0.05, 0.1) is 0 Å². The van der Waals surface area contributed by atoms with E-state index in [0.717, 1.165) is 6.42 Å². The van der Waals surface area contributed by atoms with Crippen molar-refractivity contribution in [2.24, 2.45) is 11.3 Å². The Labute approximate surface area is 164 Å². The molecule has 0 bridgehead atoms. The molecule has 0 saturated heterocycles. The van der Waals surface area contributed by atoms with E-state index in [9.17, 15) is 0 Å². The molecule has 0 radical (unpaired) electrons. The molecule has 2 aromatic carbocycles. The Bertz CT molecular complexity index is 891. The molecule has 0 spiro atoms. The number of hydrogen-bond acceptors (Lipinski definition) is 0. The molecular formula is C27H30. The Morgan fingerprint density at radius 2 is 1.56 bits per heavy atom. The first kappa shape index (κ1) is 18.0. The minimum atomic E-state index is 0.155. The van der Waals surface area contributed by atoms with Crippen LogP contribution in [0.1, 0.15) is 57.6 Å². The van der Waals surface area contributed by atoms with Crippen molar-refractivity contribution in [2.45, 2.75) is 46.5 Å². The molecule has 4 rings (SSSR count). The van der Waals surface area contributed by atoms with E-state index in [1.54, 1.807) is 0 Å². The first-order valence-electron chi connectivity index (χ1n) is 10.2. The highest BCUT2D eigenvalue weighted by Gasteiger charge is 2.46. The molecule has 0 nitrogen and oxygen atoms in total. The normalized spacial score (nSPS) is 20.0. The van der Waals surface area contributed by atoms with E-state index in [0.29, 0.717) is 11.8 Å². The minimum Gasteiger partial charge on any atom is -0.0859 e. The molecule has 2 aliphatic carbocycles. The summed E-state index contributed by atoms with van der Waals surface area (Å²) in [5, 5.41) is 0. The van der Waals surface area contributed by atoms with Crippen LogP contribution in [0.4, 0.5) is 0 Å². The Kier molecular flexibility index (Phi) is 4.68. The molecule has 0 aliphatic heterocycles. The van der Waals surface area contributed by atoms with Crippen LogP contribution in [0.3, 0.4) is 0 Å². The fourth-order valence-corrected chi connectivity index (χ4v) is 5.33. The summed E-state index contributed by atoms with van der Waals surface area (Å²) in [6.07, 6.45) is 11.7. The third-order valence-electron chi connectivity index (χ3n) is 6.59. The number of fused-ring (bicyclic) bond motifs is 3. The molecule has 0 fully saturated rings. The molecule has 2 aliphatic rings. The van der Waals surface area contributed by atoms with E-state index in [1.165, 1.54) is 39.8 Å². The molecule has 0 N–H and O–H groups in total. The average Bonchev–Trinajstić information content (AvgIpc) is 3.23. The van der Waals surface area contributed by atoms with Crippen molar-refractivity contribution >= 4 is 0 Å². The third-order valence-corrected chi connectivity index (χ3v) is 6.59. The molecule has 2 atom stereocenters. The predicted molar refractivity (Wildman–Crippen MR) is 117 cm³/mol. The Hall–Kier alpha value is -2.34. The summed E-state index contributed by atoms with van der Waals surface area (Å²) in [5.74, 6) is 0.929. The Morgan fingerprint density at radius 3 is 2.07 bits per heavy atom. The van der Waals surface area contributed by atoms with Crippen LogP contribution >= 0.6 is 0 Å². The van der Waals surface area contributed by atoms with Gasteiger partial charge in [0.15, 0.2) is 0 Å². The van der Waals surface area contributed by atoms with Crippen LogP contribution < -0.4 is 0 Å². The molecule has 138 valence electrons. The maximum absolute atomic E-state index is 2.52. The minimum absolute atomic E-state index is 0.155. The zero-order valence-electron chi connectivity index (χ0n) is 17.0. The van der Waals surface area contributed by atoms with Crippen molar-refractivity contribution in [2.75, 3.05) is 0 Å². The Morgan fingerprint density at radius 1 is 0.963 bits per heavy atom. The molecule has 0 saturated carbocycles. The lowest BCUT2D eigenvalue weighted by Gasteiger charge is -2.42. The monoisotopic (exact) mass is 354 g/mol. The van der Waals surface area contributed by atoms with Crippen LogP contribution in [-0.2, 0) is 0 Å². The van der Waals surface area contributed by atoms with Crippen molar-refractivity contribution < 1.29 is 0 Å². The fourth-order valence-electron chi connectivity index (χ4n) is 5.33. The second-order valence-corrected chi connectivity index (χ2v) is 8.71. The highest BCUT2D eigenvalue weighted by Crippen LogP contribution is 2.59. The molecule has 2 aromatic rings. The maximum Gasteiger partial charge on any atom is 0.0164 e. The summed E-state index contributed by atoms with van der Waals surface area (Å²) in [5.41, 5.74) is 8.93. The predicted octanol–water partition coefficient (Wildman–Crippen LogP) is 7.68. The van der Waals surface area contributed by atoms with Crippen molar-refractivity contribution in [1.82, 2.24) is 0 Å². The van der Waals surface area contributed by atoms with E-state index < -0.39 is 0 Å². The average molecular weight is 355 g/mol. The van der Waals surface area contributed by atoms with Crippen LogP contribution in [0.25, 0.3) is 11.1 Å². The molecule has 27 heavy (non-hydrogen) atoms. The standard InChI is InChI=1S/C27H30/c1-19(2)11-10-18-27(4,25-17-9-12-20(25)3)26-23-15-7-5-13-21(23)22-14-6-8-16-24(22)26/h5-9,11-17,25-26H,10,18H2,1-4H3. The van der Waals surface area contributed by atoms with Gasteiger partial charge in [0, 0.05) is 11.8 Å². The zero-order valence-corrected chi connectivity index (χ0v) is 17.0. The van der Waals surface area contributed by atoms with Crippen LogP contribution in [-0.4, -0.2) is 0 Å². The number of rotatable bonds is 5. The maximum atomic E-state index is 2.52. The SMILES string of the molecule is CC(C)=CCCC(C)(C1C=CC=C1C)C1c2ccccc2-c2ccccc21.